The van der Waals surface area contributed by atoms with Gasteiger partial charge < -0.3 is 4.74 Å². The van der Waals surface area contributed by atoms with Gasteiger partial charge in [-0.05, 0) is 79.9 Å². The van der Waals surface area contributed by atoms with Crippen LogP contribution in [0.5, 0.6) is 5.75 Å². The van der Waals surface area contributed by atoms with Crippen molar-refractivity contribution in [1.82, 2.24) is 0 Å². The number of ether oxygens (including phenoxy) is 1. The minimum Gasteiger partial charge on any atom is -0.490 e. The second-order valence-electron chi connectivity index (χ2n) is 7.01. The molecule has 4 unspecified atom stereocenters. The van der Waals surface area contributed by atoms with E-state index in [0.29, 0.717) is 6.61 Å². The van der Waals surface area contributed by atoms with Gasteiger partial charge in [-0.3, -0.25) is 0 Å². The molecule has 0 radical (unpaired) electrons. The van der Waals surface area contributed by atoms with Crippen LogP contribution in [-0.4, -0.2) is 6.61 Å². The molecule has 0 aromatic heterocycles. The third-order valence-corrected chi connectivity index (χ3v) is 5.71. The summed E-state index contributed by atoms with van der Waals surface area (Å²) in [7, 11) is 0. The lowest BCUT2D eigenvalue weighted by atomic mass is 9.64. The van der Waals surface area contributed by atoms with Crippen LogP contribution in [0.3, 0.4) is 0 Å². The topological polar surface area (TPSA) is 9.23 Å². The van der Waals surface area contributed by atoms with E-state index >= 15 is 0 Å². The molecular formula is C21H28O. The Hall–Kier alpha value is -1.50. The van der Waals surface area contributed by atoms with E-state index in [1.165, 1.54) is 44.1 Å². The minimum absolute atomic E-state index is 0.580. The highest BCUT2D eigenvalue weighted by atomic mass is 16.5. The van der Waals surface area contributed by atoms with Gasteiger partial charge in [0.2, 0.25) is 0 Å². The highest BCUT2D eigenvalue weighted by Gasteiger charge is 2.35. The van der Waals surface area contributed by atoms with Crippen LogP contribution in [0.2, 0.25) is 0 Å². The van der Waals surface area contributed by atoms with Gasteiger partial charge in [0, 0.05) is 0 Å². The lowest BCUT2D eigenvalue weighted by molar-refractivity contribution is 0.133. The Morgan fingerprint density at radius 3 is 2.41 bits per heavy atom. The second-order valence-corrected chi connectivity index (χ2v) is 7.01. The van der Waals surface area contributed by atoms with Crippen LogP contribution in [0.1, 0.15) is 50.0 Å². The molecule has 0 saturated heterocycles. The van der Waals surface area contributed by atoms with E-state index in [9.17, 15) is 0 Å². The molecule has 0 bridgehead atoms. The van der Waals surface area contributed by atoms with Gasteiger partial charge in [-0.2, -0.15) is 0 Å². The lowest BCUT2D eigenvalue weighted by Gasteiger charge is -2.41. The Kier molecular flexibility index (Phi) is 5.02. The van der Waals surface area contributed by atoms with Gasteiger partial charge in [0.15, 0.2) is 0 Å². The van der Waals surface area contributed by atoms with Crippen molar-refractivity contribution in [2.75, 3.05) is 6.61 Å². The largest absolute Gasteiger partial charge is 0.490 e. The molecule has 1 aromatic rings. The van der Waals surface area contributed by atoms with Crippen molar-refractivity contribution in [2.45, 2.75) is 44.4 Å². The summed E-state index contributed by atoms with van der Waals surface area (Å²) in [4.78, 5) is 0. The molecular weight excluding hydrogens is 268 g/mol. The van der Waals surface area contributed by atoms with Gasteiger partial charge >= 0.3 is 0 Å². The Balaban J connectivity index is 1.60. The quantitative estimate of drug-likeness (QED) is 0.630. The molecule has 2 aliphatic rings. The number of benzene rings is 1. The van der Waals surface area contributed by atoms with Gasteiger partial charge in [-0.25, -0.2) is 0 Å². The summed E-state index contributed by atoms with van der Waals surface area (Å²) >= 11 is 0. The molecule has 22 heavy (non-hydrogen) atoms. The molecule has 1 aromatic carbocycles. The van der Waals surface area contributed by atoms with E-state index in [1.807, 2.05) is 0 Å². The van der Waals surface area contributed by atoms with Crippen LogP contribution < -0.4 is 4.74 Å². The van der Waals surface area contributed by atoms with Crippen molar-refractivity contribution in [3.8, 4) is 5.75 Å². The first-order valence-electron chi connectivity index (χ1n) is 8.76. The third kappa shape index (κ3) is 3.45. The molecule has 1 nitrogen and oxygen atoms in total. The summed E-state index contributed by atoms with van der Waals surface area (Å²) in [6.45, 7) is 8.26. The molecule has 4 atom stereocenters. The molecule has 1 heteroatoms. The molecule has 3 rings (SSSR count). The van der Waals surface area contributed by atoms with Gasteiger partial charge in [0.05, 0.1) is 0 Å². The van der Waals surface area contributed by atoms with Crippen molar-refractivity contribution in [2.24, 2.45) is 17.8 Å². The molecule has 0 heterocycles. The van der Waals surface area contributed by atoms with E-state index in [-0.39, 0.29) is 0 Å². The Morgan fingerprint density at radius 2 is 1.68 bits per heavy atom. The van der Waals surface area contributed by atoms with Crippen LogP contribution in [-0.2, 0) is 0 Å². The smallest absolute Gasteiger partial charge is 0.119 e. The van der Waals surface area contributed by atoms with Crippen molar-refractivity contribution < 1.29 is 4.74 Å². The van der Waals surface area contributed by atoms with Crippen LogP contribution >= 0.6 is 0 Å². The number of fused-ring (bicyclic) bond motifs is 1. The third-order valence-electron chi connectivity index (χ3n) is 5.71. The molecule has 0 N–H and O–H groups in total. The Labute approximate surface area is 135 Å². The van der Waals surface area contributed by atoms with Crippen molar-refractivity contribution in [1.29, 1.82) is 0 Å². The number of hydrogen-bond acceptors (Lipinski definition) is 1. The highest BCUT2D eigenvalue weighted by molar-refractivity contribution is 5.30. The zero-order valence-corrected chi connectivity index (χ0v) is 13.5. The molecule has 0 amide bonds. The number of rotatable bonds is 5. The highest BCUT2D eigenvalue weighted by Crippen LogP contribution is 2.47. The monoisotopic (exact) mass is 296 g/mol. The molecule has 0 aliphatic heterocycles. The summed E-state index contributed by atoms with van der Waals surface area (Å²) in [6, 6.07) is 8.75. The predicted octanol–water partition coefficient (Wildman–Crippen LogP) is 5.74. The molecule has 118 valence electrons. The summed E-state index contributed by atoms with van der Waals surface area (Å²) < 4.78 is 5.58. The number of allylic oxidation sites excluding steroid dienone is 1. The molecule has 0 spiro atoms. The SMILES string of the molecule is C=CCOc1ccc(C2CCC3CC(C=C)CCC3C2)cc1. The molecule has 2 fully saturated rings. The maximum atomic E-state index is 5.58. The van der Waals surface area contributed by atoms with Crippen LogP contribution in [0.25, 0.3) is 0 Å². The van der Waals surface area contributed by atoms with Gasteiger partial charge in [-0.15, -0.1) is 6.58 Å². The van der Waals surface area contributed by atoms with Gasteiger partial charge in [0.1, 0.15) is 12.4 Å². The fourth-order valence-corrected chi connectivity index (χ4v) is 4.43. The van der Waals surface area contributed by atoms with E-state index in [2.05, 4.69) is 43.5 Å². The maximum absolute atomic E-state index is 5.58. The van der Waals surface area contributed by atoms with Crippen LogP contribution in [0, 0.1) is 17.8 Å². The van der Waals surface area contributed by atoms with Gasteiger partial charge in [-0.1, -0.05) is 30.9 Å². The van der Waals surface area contributed by atoms with E-state index < -0.39 is 0 Å². The fraction of sp³-hybridized carbons (Fsp3) is 0.524. The molecule has 2 aliphatic carbocycles. The fourth-order valence-electron chi connectivity index (χ4n) is 4.43. The normalized spacial score (nSPS) is 31.1. The van der Waals surface area contributed by atoms with Gasteiger partial charge in [0.25, 0.3) is 0 Å². The van der Waals surface area contributed by atoms with Crippen LogP contribution in [0.15, 0.2) is 49.6 Å². The summed E-state index contributed by atoms with van der Waals surface area (Å²) in [5.74, 6) is 4.35. The zero-order valence-electron chi connectivity index (χ0n) is 13.5. The Bertz CT molecular complexity index is 501. The van der Waals surface area contributed by atoms with Crippen molar-refractivity contribution >= 4 is 0 Å². The standard InChI is InChI=1S/C21H28O/c1-3-13-22-21-11-9-17(10-12-21)19-8-7-18-14-16(4-2)5-6-20(18)15-19/h3-4,9-12,16,18-20H,1-2,5-8,13-15H2. The lowest BCUT2D eigenvalue weighted by Crippen LogP contribution is -2.29. The zero-order chi connectivity index (χ0) is 15.4. The first kappa shape index (κ1) is 15.4. The molecule has 2 saturated carbocycles. The minimum atomic E-state index is 0.580. The van der Waals surface area contributed by atoms with Crippen molar-refractivity contribution in [3.63, 3.8) is 0 Å². The first-order valence-corrected chi connectivity index (χ1v) is 8.76. The average molecular weight is 296 g/mol. The summed E-state index contributed by atoms with van der Waals surface area (Å²) in [5.41, 5.74) is 1.50. The number of hydrogen-bond donors (Lipinski definition) is 0. The first-order chi connectivity index (χ1) is 10.8. The Morgan fingerprint density at radius 1 is 0.955 bits per heavy atom. The predicted molar refractivity (Wildman–Crippen MR) is 93.2 cm³/mol. The second kappa shape index (κ2) is 7.17. The summed E-state index contributed by atoms with van der Waals surface area (Å²) in [5, 5.41) is 0. The van der Waals surface area contributed by atoms with E-state index in [1.54, 1.807) is 6.08 Å². The van der Waals surface area contributed by atoms with Crippen molar-refractivity contribution in [3.05, 3.63) is 55.1 Å². The van der Waals surface area contributed by atoms with E-state index in [4.69, 9.17) is 4.74 Å². The average Bonchev–Trinajstić information content (AvgIpc) is 2.59. The maximum Gasteiger partial charge on any atom is 0.119 e. The summed E-state index contributed by atoms with van der Waals surface area (Å²) in [6.07, 6.45) is 12.2. The van der Waals surface area contributed by atoms with Crippen LogP contribution in [0.4, 0.5) is 0 Å². The van der Waals surface area contributed by atoms with E-state index in [0.717, 1.165) is 29.4 Å².